The molecule has 0 radical (unpaired) electrons. The summed E-state index contributed by atoms with van der Waals surface area (Å²) in [6, 6.07) is 0. The van der Waals surface area contributed by atoms with Gasteiger partial charge in [-0.05, 0) is 12.8 Å². The molecule has 0 atom stereocenters. The van der Waals surface area contributed by atoms with Gasteiger partial charge in [0.15, 0.2) is 6.34 Å². The molecular formula is CH4N2S2. The second-order valence-corrected chi connectivity index (χ2v) is 0.904. The molecule has 0 aliphatic carbocycles. The van der Waals surface area contributed by atoms with Crippen LogP contribution in [0.1, 0.15) is 0 Å². The fourth-order valence-corrected chi connectivity index (χ4v) is 0.245. The minimum atomic E-state index is 1.40. The third kappa shape index (κ3) is 4.33. The second kappa shape index (κ2) is 4.33. The van der Waals surface area contributed by atoms with E-state index in [-0.39, 0.29) is 0 Å². The molecule has 0 fully saturated rings. The third-order valence-electron chi connectivity index (χ3n) is 0.128. The Morgan fingerprint density at radius 1 is 2.00 bits per heavy atom. The number of quaternary nitrogens is 1. The van der Waals surface area contributed by atoms with Crippen LogP contribution < -0.4 is 4.72 Å². The standard InChI is InChI=1S/CH4N2S2/c4-2-1-3-5/h1,5H,2H2/b3-1+. The van der Waals surface area contributed by atoms with Crippen molar-refractivity contribution in [3.63, 3.8) is 0 Å². The maximum Gasteiger partial charge on any atom is 0.175 e. The molecule has 2 N–H and O–H groups in total. The van der Waals surface area contributed by atoms with E-state index in [1.165, 1.54) is 11.1 Å². The normalized spacial score (nSPS) is 10.0. The molecule has 0 spiro atoms. The second-order valence-electron chi connectivity index (χ2n) is 0.401. The lowest BCUT2D eigenvalue weighted by molar-refractivity contribution is -0.324. The molecule has 0 bridgehead atoms. The van der Waals surface area contributed by atoms with Gasteiger partial charge in [0.05, 0.1) is 0 Å². The minimum absolute atomic E-state index is 1.40. The van der Waals surface area contributed by atoms with Crippen molar-refractivity contribution >= 4 is 32.0 Å². The average Bonchev–Trinajstić information content (AvgIpc) is 1.41. The number of hydrogen-bond donors (Lipinski definition) is 2. The Labute approximate surface area is 41.8 Å². The van der Waals surface area contributed by atoms with Gasteiger partial charge in [0, 0.05) is 0 Å². The lowest BCUT2D eigenvalue weighted by Gasteiger charge is -1.82. The molecule has 0 aromatic heterocycles. The van der Waals surface area contributed by atoms with Gasteiger partial charge in [0.1, 0.15) is 0 Å². The minimum Gasteiger partial charge on any atom is -0.491 e. The highest BCUT2D eigenvalue weighted by molar-refractivity contribution is 7.78. The fourth-order valence-electron chi connectivity index (χ4n) is 0.0272. The number of thiol groups is 1. The van der Waals surface area contributed by atoms with Gasteiger partial charge in [-0.25, -0.2) is 0 Å². The van der Waals surface area contributed by atoms with Crippen molar-refractivity contribution in [2.45, 2.75) is 0 Å². The predicted molar refractivity (Wildman–Crippen MR) is 26.8 cm³/mol. The molecule has 0 saturated heterocycles. The van der Waals surface area contributed by atoms with Crippen molar-refractivity contribution in [3.8, 4) is 0 Å². The summed E-state index contributed by atoms with van der Waals surface area (Å²) in [5.74, 6) is 0. The quantitative estimate of drug-likeness (QED) is 0.189. The van der Waals surface area contributed by atoms with E-state index >= 15 is 0 Å². The third-order valence-corrected chi connectivity index (χ3v) is 0.383. The fraction of sp³-hybridized carbons (Fsp3) is 0. The van der Waals surface area contributed by atoms with Crippen LogP contribution in [-0.2, 0) is 12.8 Å². The van der Waals surface area contributed by atoms with Crippen LogP contribution in [0.5, 0.6) is 0 Å². The number of hydrogen-bond acceptors (Lipinski definition) is 3. The van der Waals surface area contributed by atoms with Crippen LogP contribution in [0.3, 0.4) is 0 Å². The molecule has 0 aliphatic rings. The van der Waals surface area contributed by atoms with Crippen molar-refractivity contribution in [2.75, 3.05) is 0 Å². The first kappa shape index (κ1) is 5.33. The van der Waals surface area contributed by atoms with E-state index in [2.05, 4.69) is 30.0 Å². The number of rotatable bonds is 1. The van der Waals surface area contributed by atoms with Gasteiger partial charge in [0.2, 0.25) is 0 Å². The highest BCUT2D eigenvalue weighted by Crippen LogP contribution is 1.58. The van der Waals surface area contributed by atoms with Crippen molar-refractivity contribution in [3.05, 3.63) is 0 Å². The molecule has 5 heavy (non-hydrogen) atoms. The summed E-state index contributed by atoms with van der Waals surface area (Å²) in [5, 5.41) is 0. The summed E-state index contributed by atoms with van der Waals surface area (Å²) in [6.07, 6.45) is 1.43. The molecule has 0 heterocycles. The Balaban J connectivity index is 2.62. The first-order valence-corrected chi connectivity index (χ1v) is 1.90. The molecule has 0 aromatic rings. The molecule has 0 saturated carbocycles. The molecule has 0 rings (SSSR count). The number of nitrogens with two attached hydrogens (primary N) is 1. The van der Waals surface area contributed by atoms with Gasteiger partial charge in [-0.15, -0.1) is 0 Å². The van der Waals surface area contributed by atoms with Crippen molar-refractivity contribution in [1.29, 1.82) is 0 Å². The molecule has 2 nitrogen and oxygen atoms in total. The number of nitrogens with zero attached hydrogens (tertiary/aromatic N) is 1. The van der Waals surface area contributed by atoms with Crippen LogP contribution >= 0.6 is 12.8 Å². The van der Waals surface area contributed by atoms with Crippen molar-refractivity contribution < 1.29 is 4.72 Å². The van der Waals surface area contributed by atoms with Gasteiger partial charge < -0.3 is 17.5 Å². The Bertz CT molecular complexity index is 34.6. The summed E-state index contributed by atoms with van der Waals surface area (Å²) in [7, 11) is 0. The van der Waals surface area contributed by atoms with Crippen LogP contribution in [-0.4, -0.2) is 6.34 Å². The maximum absolute atomic E-state index is 4.33. The Hall–Kier alpha value is 0.330. The lowest BCUT2D eigenvalue weighted by atomic mass is 11.4. The molecule has 0 aliphatic heterocycles. The highest BCUT2D eigenvalue weighted by Gasteiger charge is 1.45. The zero-order valence-corrected chi connectivity index (χ0v) is 4.17. The van der Waals surface area contributed by atoms with E-state index in [1.54, 1.807) is 0 Å². The molecule has 0 amide bonds. The molecule has 0 aromatic carbocycles. The zero-order valence-electron chi connectivity index (χ0n) is 2.46. The Kier molecular flexibility index (Phi) is 4.62. The van der Waals surface area contributed by atoms with Gasteiger partial charge in [-0.3, -0.25) is 0 Å². The smallest absolute Gasteiger partial charge is 0.175 e. The summed E-state index contributed by atoms with van der Waals surface area (Å²) >= 11 is 7.80. The van der Waals surface area contributed by atoms with Gasteiger partial charge in [0.25, 0.3) is 0 Å². The van der Waals surface area contributed by atoms with Crippen LogP contribution in [0, 0.1) is 0 Å². The SMILES string of the molecule is [S-][NH2+]/C=N/S. The van der Waals surface area contributed by atoms with E-state index in [0.717, 1.165) is 0 Å². The summed E-state index contributed by atoms with van der Waals surface area (Å²) in [5.41, 5.74) is 0. The summed E-state index contributed by atoms with van der Waals surface area (Å²) < 4.78 is 4.66. The van der Waals surface area contributed by atoms with Crippen LogP contribution in [0.15, 0.2) is 4.40 Å². The summed E-state index contributed by atoms with van der Waals surface area (Å²) in [4.78, 5) is 0. The molecular weight excluding hydrogens is 104 g/mol. The van der Waals surface area contributed by atoms with E-state index in [1.807, 2.05) is 0 Å². The van der Waals surface area contributed by atoms with E-state index < -0.39 is 0 Å². The van der Waals surface area contributed by atoms with E-state index in [9.17, 15) is 0 Å². The van der Waals surface area contributed by atoms with Gasteiger partial charge in [-0.1, -0.05) is 0 Å². The Morgan fingerprint density at radius 3 is 2.60 bits per heavy atom. The lowest BCUT2D eigenvalue weighted by Crippen LogP contribution is -2.75. The van der Waals surface area contributed by atoms with Crippen molar-refractivity contribution in [2.24, 2.45) is 4.40 Å². The van der Waals surface area contributed by atoms with Crippen LogP contribution in [0.25, 0.3) is 0 Å². The van der Waals surface area contributed by atoms with Crippen LogP contribution in [0.4, 0.5) is 0 Å². The maximum atomic E-state index is 4.33. The first-order chi connectivity index (χ1) is 2.41. The summed E-state index contributed by atoms with van der Waals surface area (Å²) in [6.45, 7) is 0. The van der Waals surface area contributed by atoms with Gasteiger partial charge >= 0.3 is 0 Å². The topological polar surface area (TPSA) is 29.0 Å². The molecule has 0 unspecified atom stereocenters. The van der Waals surface area contributed by atoms with Crippen LogP contribution in [0.2, 0.25) is 0 Å². The van der Waals surface area contributed by atoms with E-state index in [0.29, 0.717) is 0 Å². The molecule has 4 heteroatoms. The van der Waals surface area contributed by atoms with Crippen molar-refractivity contribution in [1.82, 2.24) is 0 Å². The first-order valence-electron chi connectivity index (χ1n) is 1.03. The van der Waals surface area contributed by atoms with E-state index in [4.69, 9.17) is 0 Å². The van der Waals surface area contributed by atoms with Gasteiger partial charge in [-0.2, -0.15) is 4.40 Å². The Morgan fingerprint density at radius 2 is 2.60 bits per heavy atom. The largest absolute Gasteiger partial charge is 0.491 e. The monoisotopic (exact) mass is 108 g/mol. The average molecular weight is 108 g/mol. The zero-order chi connectivity index (χ0) is 4.12. The highest BCUT2D eigenvalue weighted by atomic mass is 32.1. The molecule has 30 valence electrons. The predicted octanol–water partition coefficient (Wildman–Crippen LogP) is -1.12.